The molecule has 0 amide bonds. The molecule has 1 aromatic carbocycles. The monoisotopic (exact) mass is 372 g/mol. The number of anilines is 1. The highest BCUT2D eigenvalue weighted by atomic mass is 35.5. The summed E-state index contributed by atoms with van der Waals surface area (Å²) in [5, 5.41) is 0.583. The highest BCUT2D eigenvalue weighted by Crippen LogP contribution is 2.43. The lowest BCUT2D eigenvalue weighted by atomic mass is 9.94. The van der Waals surface area contributed by atoms with Crippen molar-refractivity contribution >= 4 is 17.3 Å². The Bertz CT molecular complexity index is 821. The number of ether oxygens (including phenoxy) is 1. The zero-order chi connectivity index (χ0) is 17.7. The van der Waals surface area contributed by atoms with E-state index in [9.17, 15) is 0 Å². The van der Waals surface area contributed by atoms with Gasteiger partial charge in [0.15, 0.2) is 0 Å². The van der Waals surface area contributed by atoms with Crippen molar-refractivity contribution in [1.29, 1.82) is 0 Å². The van der Waals surface area contributed by atoms with E-state index in [0.29, 0.717) is 23.2 Å². The number of H-pyrrole nitrogens is 1. The van der Waals surface area contributed by atoms with Crippen molar-refractivity contribution in [2.75, 3.05) is 25.4 Å². The number of fused-ring (bicyclic) bond motifs is 1. The maximum absolute atomic E-state index is 6.38. The Morgan fingerprint density at radius 2 is 2.04 bits per heavy atom. The van der Waals surface area contributed by atoms with Crippen LogP contribution in [0.3, 0.4) is 0 Å². The van der Waals surface area contributed by atoms with Crippen LogP contribution in [0.4, 0.5) is 5.69 Å². The van der Waals surface area contributed by atoms with E-state index in [2.05, 4.69) is 14.9 Å². The number of aromatic nitrogens is 2. The minimum atomic E-state index is 0.562. The topological polar surface area (TPSA) is 67.2 Å². The molecule has 5 rings (SSSR count). The first-order valence-electron chi connectivity index (χ1n) is 9.73. The molecule has 0 unspecified atom stereocenters. The number of rotatable bonds is 3. The third-order valence-corrected chi connectivity index (χ3v) is 6.39. The molecule has 2 fully saturated rings. The predicted octanol–water partition coefficient (Wildman–Crippen LogP) is 3.98. The van der Waals surface area contributed by atoms with Crippen LogP contribution in [0, 0.1) is 0 Å². The first-order chi connectivity index (χ1) is 12.7. The van der Waals surface area contributed by atoms with E-state index in [1.807, 2.05) is 12.3 Å². The van der Waals surface area contributed by atoms with Crippen molar-refractivity contribution in [3.05, 3.63) is 28.5 Å². The number of hydrogen-bond acceptors (Lipinski definition) is 4. The first-order valence-corrected chi connectivity index (χ1v) is 10.1. The van der Waals surface area contributed by atoms with Crippen LogP contribution >= 0.6 is 11.6 Å². The number of likely N-dealkylation sites (tertiary alicyclic amines) is 1. The van der Waals surface area contributed by atoms with Crippen molar-refractivity contribution in [2.24, 2.45) is 0 Å². The van der Waals surface area contributed by atoms with Crippen molar-refractivity contribution in [3.8, 4) is 17.1 Å². The fraction of sp³-hybridized carbons (Fsp3) is 0.550. The van der Waals surface area contributed by atoms with E-state index in [0.717, 1.165) is 41.6 Å². The van der Waals surface area contributed by atoms with Crippen LogP contribution in [0.15, 0.2) is 12.3 Å². The fourth-order valence-corrected chi connectivity index (χ4v) is 4.63. The molecule has 0 radical (unpaired) electrons. The Kier molecular flexibility index (Phi) is 4.09. The molecular formula is C20H25ClN4O. The van der Waals surface area contributed by atoms with Crippen LogP contribution in [-0.4, -0.2) is 40.6 Å². The van der Waals surface area contributed by atoms with Gasteiger partial charge in [0.25, 0.3) is 0 Å². The van der Waals surface area contributed by atoms with E-state index in [4.69, 9.17) is 22.1 Å². The van der Waals surface area contributed by atoms with Gasteiger partial charge >= 0.3 is 0 Å². The fourth-order valence-electron chi connectivity index (χ4n) is 4.41. The smallest absolute Gasteiger partial charge is 0.141 e. The van der Waals surface area contributed by atoms with E-state index >= 15 is 0 Å². The number of halogens is 1. The third-order valence-electron chi connectivity index (χ3n) is 6.07. The van der Waals surface area contributed by atoms with Crippen LogP contribution in [0.5, 0.6) is 5.75 Å². The molecule has 0 atom stereocenters. The van der Waals surface area contributed by atoms with Crippen LogP contribution in [-0.2, 0) is 6.42 Å². The molecule has 1 saturated heterocycles. The number of nitrogens with two attached hydrogens (primary N) is 1. The normalized spacial score (nSPS) is 21.4. The summed E-state index contributed by atoms with van der Waals surface area (Å²) in [6.07, 6.45) is 9.06. The summed E-state index contributed by atoms with van der Waals surface area (Å²) in [4.78, 5) is 10.9. The number of hydrogen-bond donors (Lipinski definition) is 2. The second-order valence-corrected chi connectivity index (χ2v) is 8.22. The number of benzene rings is 1. The minimum Gasteiger partial charge on any atom is -0.492 e. The molecule has 3 heterocycles. The summed E-state index contributed by atoms with van der Waals surface area (Å²) < 4.78 is 5.94. The molecule has 5 nitrogen and oxygen atoms in total. The number of aromatic amines is 1. The molecule has 3 aliphatic rings. The van der Waals surface area contributed by atoms with Crippen molar-refractivity contribution in [2.45, 2.75) is 50.5 Å². The van der Waals surface area contributed by atoms with E-state index in [1.165, 1.54) is 44.5 Å². The zero-order valence-electron chi connectivity index (χ0n) is 14.9. The molecule has 26 heavy (non-hydrogen) atoms. The van der Waals surface area contributed by atoms with Gasteiger partial charge in [-0.25, -0.2) is 4.98 Å². The lowest BCUT2D eigenvalue weighted by Gasteiger charge is -2.31. The van der Waals surface area contributed by atoms with Gasteiger partial charge in [0.05, 0.1) is 22.9 Å². The van der Waals surface area contributed by atoms with Gasteiger partial charge in [0.2, 0.25) is 0 Å². The average Bonchev–Trinajstić information content (AvgIpc) is 3.42. The third kappa shape index (κ3) is 2.87. The molecular weight excluding hydrogens is 348 g/mol. The molecule has 3 N–H and O–H groups in total. The lowest BCUT2D eigenvalue weighted by Crippen LogP contribution is -2.34. The lowest BCUT2D eigenvalue weighted by molar-refractivity contribution is 0.202. The maximum Gasteiger partial charge on any atom is 0.141 e. The molecule has 1 aliphatic carbocycles. The van der Waals surface area contributed by atoms with Crippen molar-refractivity contribution < 1.29 is 4.74 Å². The standard InChI is InChI=1S/C20H25ClN4O/c21-16-10-15(19-14(18(16)22)2-1-9-26-19)20-23-11-17(24-20)12-5-7-25(8-6-12)13-3-4-13/h10-13H,1-9,22H2,(H,23,24). The van der Waals surface area contributed by atoms with Gasteiger partial charge < -0.3 is 20.4 Å². The van der Waals surface area contributed by atoms with E-state index in [1.54, 1.807) is 0 Å². The summed E-state index contributed by atoms with van der Waals surface area (Å²) in [5.74, 6) is 2.25. The largest absolute Gasteiger partial charge is 0.492 e. The van der Waals surface area contributed by atoms with E-state index in [-0.39, 0.29) is 0 Å². The Morgan fingerprint density at radius 3 is 2.81 bits per heavy atom. The summed E-state index contributed by atoms with van der Waals surface area (Å²) in [7, 11) is 0. The number of piperidine rings is 1. The second kappa shape index (κ2) is 6.46. The van der Waals surface area contributed by atoms with Gasteiger partial charge in [0, 0.05) is 29.4 Å². The molecule has 138 valence electrons. The van der Waals surface area contributed by atoms with Gasteiger partial charge in [-0.3, -0.25) is 0 Å². The van der Waals surface area contributed by atoms with Crippen LogP contribution in [0.25, 0.3) is 11.4 Å². The molecule has 2 aromatic rings. The van der Waals surface area contributed by atoms with Gasteiger partial charge in [-0.1, -0.05) is 11.6 Å². The van der Waals surface area contributed by atoms with Crippen LogP contribution in [0.1, 0.15) is 49.3 Å². The number of nitrogens with one attached hydrogen (secondary N) is 1. The number of imidazole rings is 1. The Hall–Kier alpha value is -1.72. The minimum absolute atomic E-state index is 0.562. The molecule has 2 aliphatic heterocycles. The zero-order valence-corrected chi connectivity index (χ0v) is 15.7. The first kappa shape index (κ1) is 16.5. The Morgan fingerprint density at radius 1 is 1.23 bits per heavy atom. The highest BCUT2D eigenvalue weighted by Gasteiger charge is 2.32. The van der Waals surface area contributed by atoms with Crippen LogP contribution < -0.4 is 10.5 Å². The van der Waals surface area contributed by atoms with Gasteiger partial charge in [-0.15, -0.1) is 0 Å². The number of nitrogens with zero attached hydrogens (tertiary/aromatic N) is 2. The quantitative estimate of drug-likeness (QED) is 0.800. The van der Waals surface area contributed by atoms with Gasteiger partial charge in [-0.05, 0) is 57.7 Å². The maximum atomic E-state index is 6.38. The predicted molar refractivity (Wildman–Crippen MR) is 104 cm³/mol. The van der Waals surface area contributed by atoms with Gasteiger partial charge in [0.1, 0.15) is 11.6 Å². The molecule has 1 aromatic heterocycles. The average molecular weight is 373 g/mol. The summed E-state index contributed by atoms with van der Waals surface area (Å²) >= 11 is 6.38. The SMILES string of the molecule is Nc1c(Cl)cc(-c2ncc(C3CCN(C4CC4)CC3)[nH]2)c2c1CCCO2. The van der Waals surface area contributed by atoms with Crippen molar-refractivity contribution in [1.82, 2.24) is 14.9 Å². The summed E-state index contributed by atoms with van der Waals surface area (Å²) in [6.45, 7) is 3.13. The van der Waals surface area contributed by atoms with Gasteiger partial charge in [-0.2, -0.15) is 0 Å². The molecule has 1 saturated carbocycles. The Balaban J connectivity index is 1.41. The molecule has 0 bridgehead atoms. The summed E-state index contributed by atoms with van der Waals surface area (Å²) in [5.41, 5.74) is 9.99. The summed E-state index contributed by atoms with van der Waals surface area (Å²) in [6, 6.07) is 2.76. The Labute approximate surface area is 158 Å². The second-order valence-electron chi connectivity index (χ2n) is 7.81. The van der Waals surface area contributed by atoms with E-state index < -0.39 is 0 Å². The molecule has 0 spiro atoms. The highest BCUT2D eigenvalue weighted by molar-refractivity contribution is 6.33. The number of nitrogen functional groups attached to an aromatic ring is 1. The molecule has 6 heteroatoms. The van der Waals surface area contributed by atoms with Crippen molar-refractivity contribution in [3.63, 3.8) is 0 Å². The van der Waals surface area contributed by atoms with Crippen LogP contribution in [0.2, 0.25) is 5.02 Å².